The second kappa shape index (κ2) is 10.5. The molecule has 0 unspecified atom stereocenters. The van der Waals surface area contributed by atoms with Gasteiger partial charge in [0.2, 0.25) is 0 Å². The first-order valence-electron chi connectivity index (χ1n) is 12.6. The van der Waals surface area contributed by atoms with E-state index in [0.29, 0.717) is 23.5 Å². The number of nitrogens with one attached hydrogen (secondary N) is 2. The Morgan fingerprint density at radius 3 is 2.42 bits per heavy atom. The van der Waals surface area contributed by atoms with Crippen molar-refractivity contribution in [3.8, 4) is 0 Å². The van der Waals surface area contributed by atoms with Gasteiger partial charge in [-0.3, -0.25) is 23.9 Å². The zero-order valence-electron chi connectivity index (χ0n) is 21.3. The van der Waals surface area contributed by atoms with Gasteiger partial charge in [-0.25, -0.2) is 9.78 Å². The van der Waals surface area contributed by atoms with E-state index in [0.717, 1.165) is 25.7 Å². The summed E-state index contributed by atoms with van der Waals surface area (Å²) in [6.07, 6.45) is 5.57. The number of carbonyl (C=O) groups excluding carboxylic acids is 2. The highest BCUT2D eigenvalue weighted by Crippen LogP contribution is 2.24. The molecule has 1 fully saturated rings. The Morgan fingerprint density at radius 1 is 1.14 bits per heavy atom. The summed E-state index contributed by atoms with van der Waals surface area (Å²) in [5.74, 6) is -0.549. The summed E-state index contributed by atoms with van der Waals surface area (Å²) in [5, 5.41) is 2.89. The Morgan fingerprint density at radius 2 is 1.81 bits per heavy atom. The third-order valence-corrected chi connectivity index (χ3v) is 6.95. The molecule has 0 atom stereocenters. The van der Waals surface area contributed by atoms with Crippen LogP contribution in [0.1, 0.15) is 85.2 Å². The van der Waals surface area contributed by atoms with Crippen molar-refractivity contribution >= 4 is 28.5 Å². The fourth-order valence-corrected chi connectivity index (χ4v) is 4.79. The zero-order valence-corrected chi connectivity index (χ0v) is 21.3. The maximum absolute atomic E-state index is 13.3. The normalized spacial score (nSPS) is 14.2. The molecule has 2 N–H and O–H groups in total. The molecule has 0 radical (unpaired) electrons. The standard InChI is InChI=1S/C27H33N5O4/c1-5-32-23-22(25(34)30-27(32)36)20(15-21(29-23)16(2)3)24(33)28-18-13-11-17(12-14-18)26(35)31(4)19-9-7-6-8-10-19/h11-16,19H,5-10H2,1-4H3,(H,28,33)(H,30,34,36). The van der Waals surface area contributed by atoms with Crippen LogP contribution in [0.5, 0.6) is 0 Å². The van der Waals surface area contributed by atoms with E-state index in [4.69, 9.17) is 0 Å². The molecule has 9 heteroatoms. The summed E-state index contributed by atoms with van der Waals surface area (Å²) in [5.41, 5.74) is 0.770. The SMILES string of the molecule is CCn1c(=O)[nH]c(=O)c2c(C(=O)Nc3ccc(C(=O)N(C)C4CCCCC4)cc3)cc(C(C)C)nc21. The van der Waals surface area contributed by atoms with E-state index in [9.17, 15) is 19.2 Å². The molecule has 0 saturated heterocycles. The molecule has 0 spiro atoms. The molecular formula is C27H33N5O4. The van der Waals surface area contributed by atoms with Crippen LogP contribution in [0.25, 0.3) is 11.0 Å². The maximum atomic E-state index is 13.3. The molecule has 0 aliphatic heterocycles. The molecule has 9 nitrogen and oxygen atoms in total. The molecule has 0 bridgehead atoms. The van der Waals surface area contributed by atoms with Gasteiger partial charge in [0.1, 0.15) is 0 Å². The number of nitrogens with zero attached hydrogens (tertiary/aromatic N) is 3. The van der Waals surface area contributed by atoms with Gasteiger partial charge in [0.15, 0.2) is 5.65 Å². The number of hydrogen-bond donors (Lipinski definition) is 2. The fourth-order valence-electron chi connectivity index (χ4n) is 4.79. The number of pyridine rings is 1. The van der Waals surface area contributed by atoms with Crippen LogP contribution in [0.2, 0.25) is 0 Å². The summed E-state index contributed by atoms with van der Waals surface area (Å²) in [4.78, 5) is 59.9. The molecule has 36 heavy (non-hydrogen) atoms. The molecule has 2 amide bonds. The Balaban J connectivity index is 1.63. The van der Waals surface area contributed by atoms with Gasteiger partial charge in [-0.05, 0) is 56.0 Å². The molecule has 2 heterocycles. The minimum atomic E-state index is -0.653. The summed E-state index contributed by atoms with van der Waals surface area (Å²) in [6, 6.07) is 8.61. The summed E-state index contributed by atoms with van der Waals surface area (Å²) >= 11 is 0. The van der Waals surface area contributed by atoms with Crippen molar-refractivity contribution in [3.05, 3.63) is 68.0 Å². The van der Waals surface area contributed by atoms with Gasteiger partial charge >= 0.3 is 5.69 Å². The van der Waals surface area contributed by atoms with E-state index in [1.807, 2.05) is 25.8 Å². The molecule has 2 aromatic heterocycles. The lowest BCUT2D eigenvalue weighted by atomic mass is 9.94. The van der Waals surface area contributed by atoms with Crippen molar-refractivity contribution in [2.24, 2.45) is 0 Å². The number of aromatic amines is 1. The van der Waals surface area contributed by atoms with Crippen molar-refractivity contribution < 1.29 is 9.59 Å². The van der Waals surface area contributed by atoms with E-state index in [1.54, 1.807) is 37.3 Å². The number of amides is 2. The van der Waals surface area contributed by atoms with E-state index >= 15 is 0 Å². The monoisotopic (exact) mass is 491 g/mol. The largest absolute Gasteiger partial charge is 0.339 e. The zero-order chi connectivity index (χ0) is 26.0. The van der Waals surface area contributed by atoms with Crippen LogP contribution < -0.4 is 16.6 Å². The predicted molar refractivity (Wildman–Crippen MR) is 140 cm³/mol. The third-order valence-electron chi connectivity index (χ3n) is 6.95. The smallest absolute Gasteiger partial charge is 0.329 e. The highest BCUT2D eigenvalue weighted by atomic mass is 16.2. The van der Waals surface area contributed by atoms with E-state index in [1.165, 1.54) is 11.0 Å². The quantitative estimate of drug-likeness (QED) is 0.543. The Kier molecular flexibility index (Phi) is 7.37. The number of carbonyl (C=O) groups is 2. The van der Waals surface area contributed by atoms with Crippen LogP contribution in [0.3, 0.4) is 0 Å². The summed E-state index contributed by atoms with van der Waals surface area (Å²) in [7, 11) is 1.85. The molecule has 3 aromatic rings. The van der Waals surface area contributed by atoms with Crippen LogP contribution in [0.4, 0.5) is 5.69 Å². The maximum Gasteiger partial charge on any atom is 0.329 e. The Labute approximate surface area is 209 Å². The molecule has 1 saturated carbocycles. The van der Waals surface area contributed by atoms with Crippen molar-refractivity contribution in [1.82, 2.24) is 19.4 Å². The number of benzene rings is 1. The molecule has 1 aromatic carbocycles. The molecule has 1 aliphatic carbocycles. The van der Waals surface area contributed by atoms with E-state index in [-0.39, 0.29) is 34.5 Å². The van der Waals surface area contributed by atoms with Crippen LogP contribution >= 0.6 is 0 Å². The minimum absolute atomic E-state index is 0.0212. The van der Waals surface area contributed by atoms with Gasteiger partial charge in [-0.1, -0.05) is 33.1 Å². The highest BCUT2D eigenvalue weighted by Gasteiger charge is 2.23. The number of rotatable bonds is 6. The van der Waals surface area contributed by atoms with Gasteiger partial charge < -0.3 is 10.2 Å². The fraction of sp³-hybridized carbons (Fsp3) is 0.444. The van der Waals surface area contributed by atoms with Gasteiger partial charge in [-0.15, -0.1) is 0 Å². The lowest BCUT2D eigenvalue weighted by molar-refractivity contribution is 0.0696. The lowest BCUT2D eigenvalue weighted by Gasteiger charge is -2.31. The van der Waals surface area contributed by atoms with E-state index in [2.05, 4.69) is 15.3 Å². The molecule has 190 valence electrons. The number of anilines is 1. The highest BCUT2D eigenvalue weighted by molar-refractivity contribution is 6.12. The van der Waals surface area contributed by atoms with Crippen molar-refractivity contribution in [2.75, 3.05) is 12.4 Å². The van der Waals surface area contributed by atoms with Gasteiger partial charge in [0.05, 0.1) is 10.9 Å². The van der Waals surface area contributed by atoms with E-state index < -0.39 is 17.2 Å². The third kappa shape index (κ3) is 4.96. The average Bonchev–Trinajstić information content (AvgIpc) is 2.88. The second-order valence-corrected chi connectivity index (χ2v) is 9.69. The first-order chi connectivity index (χ1) is 17.2. The van der Waals surface area contributed by atoms with Crippen LogP contribution in [0.15, 0.2) is 39.9 Å². The second-order valence-electron chi connectivity index (χ2n) is 9.69. The number of aryl methyl sites for hydroxylation is 1. The van der Waals surface area contributed by atoms with Crippen LogP contribution in [0, 0.1) is 0 Å². The topological polar surface area (TPSA) is 117 Å². The lowest BCUT2D eigenvalue weighted by Crippen LogP contribution is -2.38. The molecule has 1 aliphatic rings. The number of fused-ring (bicyclic) bond motifs is 1. The van der Waals surface area contributed by atoms with Crippen molar-refractivity contribution in [1.29, 1.82) is 0 Å². The average molecular weight is 492 g/mol. The summed E-state index contributed by atoms with van der Waals surface area (Å²) < 4.78 is 1.35. The van der Waals surface area contributed by atoms with Crippen LogP contribution in [-0.4, -0.2) is 44.3 Å². The Bertz CT molecular complexity index is 1400. The first kappa shape index (κ1) is 25.3. The predicted octanol–water partition coefficient (Wildman–Crippen LogP) is 3.89. The Hall–Kier alpha value is -3.75. The minimum Gasteiger partial charge on any atom is -0.339 e. The number of H-pyrrole nitrogens is 1. The van der Waals surface area contributed by atoms with Gasteiger partial charge in [0.25, 0.3) is 17.4 Å². The number of aromatic nitrogens is 3. The van der Waals surface area contributed by atoms with Crippen molar-refractivity contribution in [2.45, 2.75) is 71.4 Å². The summed E-state index contributed by atoms with van der Waals surface area (Å²) in [6.45, 7) is 5.93. The van der Waals surface area contributed by atoms with Crippen LogP contribution in [-0.2, 0) is 6.54 Å². The van der Waals surface area contributed by atoms with Gasteiger partial charge in [-0.2, -0.15) is 0 Å². The molecular weight excluding hydrogens is 458 g/mol. The molecule has 4 rings (SSSR count). The number of hydrogen-bond acceptors (Lipinski definition) is 5. The van der Waals surface area contributed by atoms with Gasteiger partial charge in [0, 0.05) is 36.6 Å². The van der Waals surface area contributed by atoms with Crippen molar-refractivity contribution in [3.63, 3.8) is 0 Å². The first-order valence-corrected chi connectivity index (χ1v) is 12.6.